The van der Waals surface area contributed by atoms with E-state index in [4.69, 9.17) is 5.73 Å². The summed E-state index contributed by atoms with van der Waals surface area (Å²) in [6, 6.07) is 4.31. The van der Waals surface area contributed by atoms with Gasteiger partial charge in [-0.25, -0.2) is 0 Å². The van der Waals surface area contributed by atoms with Gasteiger partial charge in [-0.1, -0.05) is 0 Å². The lowest BCUT2D eigenvalue weighted by Gasteiger charge is -2.16. The lowest BCUT2D eigenvalue weighted by molar-refractivity contribution is -0.384. The van der Waals surface area contributed by atoms with Crippen LogP contribution in [0.5, 0.6) is 0 Å². The highest BCUT2D eigenvalue weighted by Gasteiger charge is 2.20. The lowest BCUT2D eigenvalue weighted by Crippen LogP contribution is -2.43. The quantitative estimate of drug-likeness (QED) is 0.490. The molecule has 118 valence electrons. The second-order valence-corrected chi connectivity index (χ2v) is 4.55. The number of hydrogen-bond donors (Lipinski definition) is 3. The van der Waals surface area contributed by atoms with Gasteiger partial charge in [-0.05, 0) is 18.6 Å². The van der Waals surface area contributed by atoms with Crippen LogP contribution in [0.25, 0.3) is 0 Å². The van der Waals surface area contributed by atoms with Gasteiger partial charge in [0.2, 0.25) is 17.7 Å². The second-order valence-electron chi connectivity index (χ2n) is 4.55. The predicted molar refractivity (Wildman–Crippen MR) is 77.8 cm³/mol. The fraction of sp³-hybridized carbons (Fsp3) is 0.308. The molecular formula is C13H16N4O5. The Morgan fingerprint density at radius 3 is 2.32 bits per heavy atom. The van der Waals surface area contributed by atoms with Gasteiger partial charge in [-0.3, -0.25) is 24.5 Å². The van der Waals surface area contributed by atoms with Crippen LogP contribution >= 0.6 is 0 Å². The Morgan fingerprint density at radius 1 is 1.27 bits per heavy atom. The Kier molecular flexibility index (Phi) is 5.99. The number of benzene rings is 1. The molecule has 0 spiro atoms. The summed E-state index contributed by atoms with van der Waals surface area (Å²) < 4.78 is 0. The van der Waals surface area contributed by atoms with Crippen LogP contribution in [0.3, 0.4) is 0 Å². The van der Waals surface area contributed by atoms with Crippen molar-refractivity contribution in [3.8, 4) is 0 Å². The summed E-state index contributed by atoms with van der Waals surface area (Å²) in [4.78, 5) is 43.9. The van der Waals surface area contributed by atoms with Crippen molar-refractivity contribution < 1.29 is 19.3 Å². The average molecular weight is 308 g/mol. The second kappa shape index (κ2) is 7.72. The normalized spacial score (nSPS) is 11.3. The number of nitrogens with zero attached hydrogens (tertiary/aromatic N) is 1. The average Bonchev–Trinajstić information content (AvgIpc) is 2.43. The number of hydrogen-bond acceptors (Lipinski definition) is 5. The molecule has 4 N–H and O–H groups in total. The number of non-ortho nitro benzene ring substituents is 1. The third-order valence-corrected chi connectivity index (χ3v) is 2.72. The number of carbonyl (C=O) groups is 3. The number of rotatable bonds is 7. The van der Waals surface area contributed by atoms with Crippen LogP contribution in [0.2, 0.25) is 0 Å². The monoisotopic (exact) mass is 308 g/mol. The fourth-order valence-electron chi connectivity index (χ4n) is 1.70. The van der Waals surface area contributed by atoms with Crippen LogP contribution in [0.4, 0.5) is 11.4 Å². The molecule has 0 heterocycles. The van der Waals surface area contributed by atoms with Gasteiger partial charge >= 0.3 is 0 Å². The Bertz CT molecular complexity index is 585. The first kappa shape index (κ1) is 17.1. The molecule has 3 amide bonds. The zero-order chi connectivity index (χ0) is 16.7. The number of carbonyl (C=O) groups excluding carboxylic acids is 3. The summed E-state index contributed by atoms with van der Waals surface area (Å²) in [6.07, 6.45) is 0.00631. The molecule has 0 saturated heterocycles. The van der Waals surface area contributed by atoms with Crippen molar-refractivity contribution in [2.24, 2.45) is 5.73 Å². The van der Waals surface area contributed by atoms with E-state index in [1.165, 1.54) is 31.2 Å². The number of nitrogens with one attached hydrogen (secondary N) is 2. The van der Waals surface area contributed by atoms with E-state index in [9.17, 15) is 24.5 Å². The van der Waals surface area contributed by atoms with Crippen molar-refractivity contribution in [2.75, 3.05) is 5.32 Å². The van der Waals surface area contributed by atoms with Crippen molar-refractivity contribution >= 4 is 29.1 Å². The van der Waals surface area contributed by atoms with E-state index in [0.717, 1.165) is 0 Å². The van der Waals surface area contributed by atoms with E-state index in [2.05, 4.69) is 10.6 Å². The Balaban J connectivity index is 2.74. The van der Waals surface area contributed by atoms with Gasteiger partial charge < -0.3 is 16.4 Å². The molecule has 0 bridgehead atoms. The minimum atomic E-state index is -0.916. The van der Waals surface area contributed by atoms with Crippen LogP contribution in [0.1, 0.15) is 19.8 Å². The minimum Gasteiger partial charge on any atom is -0.370 e. The molecule has 1 aromatic carbocycles. The number of amides is 3. The van der Waals surface area contributed by atoms with Crippen LogP contribution < -0.4 is 16.4 Å². The highest BCUT2D eigenvalue weighted by atomic mass is 16.6. The molecule has 0 fully saturated rings. The van der Waals surface area contributed by atoms with Crippen molar-refractivity contribution in [3.05, 3.63) is 34.4 Å². The van der Waals surface area contributed by atoms with Crippen LogP contribution in [-0.2, 0) is 14.4 Å². The van der Waals surface area contributed by atoms with Crippen molar-refractivity contribution in [1.29, 1.82) is 0 Å². The maximum atomic E-state index is 12.1. The van der Waals surface area contributed by atoms with Crippen molar-refractivity contribution in [3.63, 3.8) is 0 Å². The van der Waals surface area contributed by atoms with Crippen LogP contribution in [-0.4, -0.2) is 28.7 Å². The summed E-state index contributed by atoms with van der Waals surface area (Å²) in [6.45, 7) is 1.25. The summed E-state index contributed by atoms with van der Waals surface area (Å²) in [5.41, 5.74) is 5.25. The predicted octanol–water partition coefficient (Wildman–Crippen LogP) is 0.304. The first-order chi connectivity index (χ1) is 10.3. The van der Waals surface area contributed by atoms with Crippen molar-refractivity contribution in [1.82, 2.24) is 5.32 Å². The summed E-state index contributed by atoms with van der Waals surface area (Å²) in [7, 11) is 0. The van der Waals surface area contributed by atoms with E-state index in [1.807, 2.05) is 0 Å². The molecule has 0 saturated carbocycles. The SMILES string of the molecule is CC(=O)NC(CCC(N)=O)C(=O)Nc1ccc([N+](=O)[O-])cc1. The third kappa shape index (κ3) is 5.57. The molecule has 9 nitrogen and oxygen atoms in total. The van der Waals surface area contributed by atoms with E-state index in [-0.39, 0.29) is 18.5 Å². The third-order valence-electron chi connectivity index (χ3n) is 2.72. The summed E-state index contributed by atoms with van der Waals surface area (Å²) in [5.74, 6) is -1.54. The number of anilines is 1. The maximum Gasteiger partial charge on any atom is 0.269 e. The molecule has 0 aliphatic heterocycles. The van der Waals surface area contributed by atoms with E-state index in [0.29, 0.717) is 5.69 Å². The molecule has 0 radical (unpaired) electrons. The number of primary amides is 1. The first-order valence-corrected chi connectivity index (χ1v) is 6.40. The van der Waals surface area contributed by atoms with Gasteiger partial charge in [-0.15, -0.1) is 0 Å². The molecule has 22 heavy (non-hydrogen) atoms. The lowest BCUT2D eigenvalue weighted by atomic mass is 10.1. The topological polar surface area (TPSA) is 144 Å². The number of nitro benzene ring substituents is 1. The molecule has 0 aliphatic rings. The Labute approximate surface area is 126 Å². The molecule has 0 aliphatic carbocycles. The molecule has 1 rings (SSSR count). The minimum absolute atomic E-state index is 0.0569. The zero-order valence-electron chi connectivity index (χ0n) is 11.9. The standard InChI is InChI=1S/C13H16N4O5/c1-8(18)15-11(6-7-12(14)19)13(20)16-9-2-4-10(5-3-9)17(21)22/h2-5,11H,6-7H2,1H3,(H2,14,19)(H,15,18)(H,16,20). The fourth-order valence-corrected chi connectivity index (χ4v) is 1.70. The van der Waals surface area contributed by atoms with Gasteiger partial charge in [0, 0.05) is 31.2 Å². The molecule has 0 aromatic heterocycles. The van der Waals surface area contributed by atoms with Gasteiger partial charge in [0.25, 0.3) is 5.69 Å². The van der Waals surface area contributed by atoms with E-state index in [1.54, 1.807) is 0 Å². The molecule has 1 atom stereocenters. The summed E-state index contributed by atoms with van der Waals surface area (Å²) in [5, 5.41) is 15.5. The largest absolute Gasteiger partial charge is 0.370 e. The number of nitrogens with two attached hydrogens (primary N) is 1. The Hall–Kier alpha value is -2.97. The number of nitro groups is 1. The van der Waals surface area contributed by atoms with Crippen LogP contribution in [0, 0.1) is 10.1 Å². The molecule has 9 heteroatoms. The maximum absolute atomic E-state index is 12.1. The van der Waals surface area contributed by atoms with Gasteiger partial charge in [0.1, 0.15) is 6.04 Å². The van der Waals surface area contributed by atoms with Gasteiger partial charge in [0.05, 0.1) is 4.92 Å². The van der Waals surface area contributed by atoms with Crippen molar-refractivity contribution in [2.45, 2.75) is 25.8 Å². The zero-order valence-corrected chi connectivity index (χ0v) is 11.9. The molecular weight excluding hydrogens is 292 g/mol. The van der Waals surface area contributed by atoms with Crippen LogP contribution in [0.15, 0.2) is 24.3 Å². The van der Waals surface area contributed by atoms with Gasteiger partial charge in [0.15, 0.2) is 0 Å². The smallest absolute Gasteiger partial charge is 0.269 e. The van der Waals surface area contributed by atoms with Gasteiger partial charge in [-0.2, -0.15) is 0 Å². The molecule has 1 aromatic rings. The molecule has 1 unspecified atom stereocenters. The van der Waals surface area contributed by atoms with E-state index >= 15 is 0 Å². The van der Waals surface area contributed by atoms with E-state index < -0.39 is 28.7 Å². The highest BCUT2D eigenvalue weighted by molar-refractivity contribution is 5.97. The Morgan fingerprint density at radius 2 is 1.86 bits per heavy atom. The first-order valence-electron chi connectivity index (χ1n) is 6.40. The summed E-state index contributed by atoms with van der Waals surface area (Å²) >= 11 is 0. The highest BCUT2D eigenvalue weighted by Crippen LogP contribution is 2.15.